The molecule has 0 bridgehead atoms. The van der Waals surface area contributed by atoms with Gasteiger partial charge >= 0.3 is 6.18 Å². The SMILES string of the molecule is O=c1c(C(F)(F)F)cccn1CCc1nc(-c2ccc(Cl)cc2)cs1. The van der Waals surface area contributed by atoms with Crippen LogP contribution in [-0.2, 0) is 19.1 Å². The third-order valence-electron chi connectivity index (χ3n) is 3.58. The van der Waals surface area contributed by atoms with Crippen LogP contribution >= 0.6 is 22.9 Å². The second kappa shape index (κ2) is 7.01. The van der Waals surface area contributed by atoms with Gasteiger partial charge in [-0.15, -0.1) is 11.3 Å². The number of hydrogen-bond acceptors (Lipinski definition) is 3. The minimum absolute atomic E-state index is 0.135. The fourth-order valence-corrected chi connectivity index (χ4v) is 3.25. The summed E-state index contributed by atoms with van der Waals surface area (Å²) in [5, 5.41) is 3.24. The van der Waals surface area contributed by atoms with E-state index in [2.05, 4.69) is 4.98 Å². The Labute approximate surface area is 150 Å². The molecule has 2 aromatic heterocycles. The maximum Gasteiger partial charge on any atom is 0.421 e. The van der Waals surface area contributed by atoms with Gasteiger partial charge in [-0.05, 0) is 24.3 Å². The van der Waals surface area contributed by atoms with Crippen LogP contribution in [0.1, 0.15) is 10.6 Å². The van der Waals surface area contributed by atoms with E-state index in [4.69, 9.17) is 11.6 Å². The summed E-state index contributed by atoms with van der Waals surface area (Å²) in [4.78, 5) is 16.4. The van der Waals surface area contributed by atoms with Crippen LogP contribution in [0.5, 0.6) is 0 Å². The van der Waals surface area contributed by atoms with Crippen LogP contribution in [0.15, 0.2) is 52.8 Å². The summed E-state index contributed by atoms with van der Waals surface area (Å²) in [5.74, 6) is 0. The lowest BCUT2D eigenvalue weighted by Crippen LogP contribution is -2.28. The van der Waals surface area contributed by atoms with Gasteiger partial charge in [-0.1, -0.05) is 23.7 Å². The van der Waals surface area contributed by atoms with E-state index < -0.39 is 17.3 Å². The quantitative estimate of drug-likeness (QED) is 0.642. The Kier molecular flexibility index (Phi) is 4.96. The third kappa shape index (κ3) is 4.11. The van der Waals surface area contributed by atoms with E-state index in [1.807, 2.05) is 17.5 Å². The van der Waals surface area contributed by atoms with Crippen molar-refractivity contribution in [3.8, 4) is 11.3 Å². The zero-order valence-corrected chi connectivity index (χ0v) is 14.3. The fraction of sp³-hybridized carbons (Fsp3) is 0.176. The van der Waals surface area contributed by atoms with E-state index in [0.717, 1.165) is 26.9 Å². The molecule has 0 saturated carbocycles. The molecule has 0 aliphatic heterocycles. The largest absolute Gasteiger partial charge is 0.421 e. The summed E-state index contributed by atoms with van der Waals surface area (Å²) in [6, 6.07) is 9.24. The molecule has 130 valence electrons. The highest BCUT2D eigenvalue weighted by Gasteiger charge is 2.34. The van der Waals surface area contributed by atoms with Gasteiger partial charge in [-0.2, -0.15) is 13.2 Å². The zero-order chi connectivity index (χ0) is 18.0. The highest BCUT2D eigenvalue weighted by Crippen LogP contribution is 2.26. The smallest absolute Gasteiger partial charge is 0.315 e. The maximum atomic E-state index is 12.8. The molecular weight excluding hydrogens is 373 g/mol. The first-order valence-corrected chi connectivity index (χ1v) is 8.57. The minimum Gasteiger partial charge on any atom is -0.315 e. The van der Waals surface area contributed by atoms with Crippen molar-refractivity contribution in [3.63, 3.8) is 0 Å². The van der Waals surface area contributed by atoms with Gasteiger partial charge in [0.1, 0.15) is 5.56 Å². The summed E-state index contributed by atoms with van der Waals surface area (Å²) in [6.45, 7) is 0.135. The zero-order valence-electron chi connectivity index (χ0n) is 12.8. The Morgan fingerprint density at radius 3 is 2.56 bits per heavy atom. The van der Waals surface area contributed by atoms with E-state index in [1.54, 1.807) is 12.1 Å². The van der Waals surface area contributed by atoms with Crippen molar-refractivity contribution in [2.45, 2.75) is 19.1 Å². The van der Waals surface area contributed by atoms with Crippen molar-refractivity contribution >= 4 is 22.9 Å². The van der Waals surface area contributed by atoms with Gasteiger partial charge in [0.25, 0.3) is 5.56 Å². The van der Waals surface area contributed by atoms with Crippen LogP contribution in [0, 0.1) is 0 Å². The van der Waals surface area contributed by atoms with Gasteiger partial charge < -0.3 is 4.57 Å². The molecule has 0 N–H and O–H groups in total. The van der Waals surface area contributed by atoms with Crippen LogP contribution < -0.4 is 5.56 Å². The first kappa shape index (κ1) is 17.7. The van der Waals surface area contributed by atoms with Gasteiger partial charge in [0, 0.05) is 35.1 Å². The van der Waals surface area contributed by atoms with Gasteiger partial charge in [-0.25, -0.2) is 4.98 Å². The van der Waals surface area contributed by atoms with Crippen molar-refractivity contribution in [2.24, 2.45) is 0 Å². The highest BCUT2D eigenvalue weighted by atomic mass is 35.5. The topological polar surface area (TPSA) is 34.9 Å². The molecule has 3 rings (SSSR count). The first-order valence-electron chi connectivity index (χ1n) is 7.31. The van der Waals surface area contributed by atoms with Crippen LogP contribution in [0.3, 0.4) is 0 Å². The standard InChI is InChI=1S/C17H12ClF3N2OS/c18-12-5-3-11(4-6-12)14-10-25-15(22-14)7-9-23-8-1-2-13(16(23)24)17(19,20)21/h1-6,8,10H,7,9H2. The summed E-state index contributed by atoms with van der Waals surface area (Å²) >= 11 is 7.25. The van der Waals surface area contributed by atoms with Crippen molar-refractivity contribution in [3.05, 3.63) is 73.9 Å². The predicted octanol–water partition coefficient (Wildman–Crippen LogP) is 4.89. The van der Waals surface area contributed by atoms with Gasteiger partial charge in [0.05, 0.1) is 10.7 Å². The van der Waals surface area contributed by atoms with Crippen LogP contribution in [0.2, 0.25) is 5.02 Å². The second-order valence-electron chi connectivity index (χ2n) is 5.30. The number of alkyl halides is 3. The lowest BCUT2D eigenvalue weighted by atomic mass is 10.2. The monoisotopic (exact) mass is 384 g/mol. The summed E-state index contributed by atoms with van der Waals surface area (Å²) in [5.41, 5.74) is -0.517. The Balaban J connectivity index is 1.75. The number of thiazole rings is 1. The number of rotatable bonds is 4. The lowest BCUT2D eigenvalue weighted by Gasteiger charge is -2.09. The van der Waals surface area contributed by atoms with E-state index in [1.165, 1.54) is 23.6 Å². The number of benzene rings is 1. The van der Waals surface area contributed by atoms with E-state index in [-0.39, 0.29) is 6.54 Å². The Hall–Kier alpha value is -2.12. The molecule has 1 aromatic carbocycles. The number of pyridine rings is 1. The Bertz CT molecular complexity index is 932. The number of hydrogen-bond donors (Lipinski definition) is 0. The van der Waals surface area contributed by atoms with Crippen molar-refractivity contribution in [1.29, 1.82) is 0 Å². The number of nitrogens with zero attached hydrogens (tertiary/aromatic N) is 2. The first-order chi connectivity index (χ1) is 11.8. The highest BCUT2D eigenvalue weighted by molar-refractivity contribution is 7.09. The molecule has 0 aliphatic carbocycles. The van der Waals surface area contributed by atoms with Crippen LogP contribution in [0.4, 0.5) is 13.2 Å². The average molecular weight is 385 g/mol. The van der Waals surface area contributed by atoms with E-state index >= 15 is 0 Å². The second-order valence-corrected chi connectivity index (χ2v) is 6.68. The van der Waals surface area contributed by atoms with Crippen LogP contribution in [-0.4, -0.2) is 9.55 Å². The molecule has 0 aliphatic rings. The molecule has 3 aromatic rings. The summed E-state index contributed by atoms with van der Waals surface area (Å²) in [7, 11) is 0. The molecule has 0 amide bonds. The van der Waals surface area contributed by atoms with Gasteiger partial charge in [0.15, 0.2) is 0 Å². The molecule has 0 unspecified atom stereocenters. The number of halogens is 4. The van der Waals surface area contributed by atoms with Gasteiger partial charge in [-0.3, -0.25) is 4.79 Å². The summed E-state index contributed by atoms with van der Waals surface area (Å²) in [6.07, 6.45) is -2.92. The number of aromatic nitrogens is 2. The van der Waals surface area contributed by atoms with Crippen molar-refractivity contribution in [2.75, 3.05) is 0 Å². The molecule has 2 heterocycles. The minimum atomic E-state index is -4.65. The molecule has 0 radical (unpaired) electrons. The molecule has 0 saturated heterocycles. The predicted molar refractivity (Wildman–Crippen MR) is 92.0 cm³/mol. The fourth-order valence-electron chi connectivity index (χ4n) is 2.32. The number of aryl methyl sites for hydroxylation is 2. The normalized spacial score (nSPS) is 11.7. The van der Waals surface area contributed by atoms with Crippen LogP contribution in [0.25, 0.3) is 11.3 Å². The Morgan fingerprint density at radius 1 is 1.16 bits per heavy atom. The molecule has 0 fully saturated rings. The molecule has 0 spiro atoms. The average Bonchev–Trinajstić information content (AvgIpc) is 3.02. The van der Waals surface area contributed by atoms with E-state index in [9.17, 15) is 18.0 Å². The van der Waals surface area contributed by atoms with Gasteiger partial charge in [0.2, 0.25) is 0 Å². The Morgan fingerprint density at radius 2 is 1.88 bits per heavy atom. The lowest BCUT2D eigenvalue weighted by molar-refractivity contribution is -0.139. The molecule has 0 atom stereocenters. The molecular formula is C17H12ClF3N2OS. The van der Waals surface area contributed by atoms with Crippen molar-refractivity contribution < 1.29 is 13.2 Å². The van der Waals surface area contributed by atoms with E-state index in [0.29, 0.717) is 11.4 Å². The maximum absolute atomic E-state index is 12.8. The van der Waals surface area contributed by atoms with Crippen molar-refractivity contribution in [1.82, 2.24) is 9.55 Å². The molecule has 25 heavy (non-hydrogen) atoms. The molecule has 3 nitrogen and oxygen atoms in total. The summed E-state index contributed by atoms with van der Waals surface area (Å²) < 4.78 is 39.4. The third-order valence-corrected chi connectivity index (χ3v) is 4.74. The molecule has 8 heteroatoms.